The lowest BCUT2D eigenvalue weighted by molar-refractivity contribution is -0.167. The van der Waals surface area contributed by atoms with Gasteiger partial charge in [0, 0.05) is 19.3 Å². The fourth-order valence-electron chi connectivity index (χ4n) is 6.21. The summed E-state index contributed by atoms with van der Waals surface area (Å²) < 4.78 is 16.7. The second-order valence-corrected chi connectivity index (χ2v) is 16.0. The molecule has 0 aliphatic heterocycles. The number of carbonyl (C=O) groups excluding carboxylic acids is 3. The Balaban J connectivity index is 4.52. The van der Waals surface area contributed by atoms with Crippen molar-refractivity contribution in [3.8, 4) is 0 Å². The highest BCUT2D eigenvalue weighted by Crippen LogP contribution is 2.12. The number of unbranched alkanes of at least 4 members (excludes halogenated alkanes) is 12. The second-order valence-electron chi connectivity index (χ2n) is 16.0. The van der Waals surface area contributed by atoms with Crippen LogP contribution >= 0.6 is 0 Å². The van der Waals surface area contributed by atoms with Crippen molar-refractivity contribution < 1.29 is 28.6 Å². The number of esters is 3. The van der Waals surface area contributed by atoms with Gasteiger partial charge in [-0.15, -0.1) is 0 Å². The zero-order chi connectivity index (χ0) is 45.8. The fraction of sp³-hybridized carbons (Fsp3) is 0.596. The Hall–Kier alpha value is -4.19. The first-order valence-corrected chi connectivity index (χ1v) is 25.0. The van der Waals surface area contributed by atoms with Gasteiger partial charge in [0.25, 0.3) is 0 Å². The molecule has 0 N–H and O–H groups in total. The van der Waals surface area contributed by atoms with Gasteiger partial charge >= 0.3 is 17.9 Å². The third-order valence-electron chi connectivity index (χ3n) is 9.93. The van der Waals surface area contributed by atoms with E-state index < -0.39 is 6.10 Å². The molecule has 0 heterocycles. The number of rotatable bonds is 43. The van der Waals surface area contributed by atoms with Crippen LogP contribution in [-0.4, -0.2) is 37.2 Å². The SMILES string of the molecule is CC/C=C\C/C=C\C/C=C\C/C=C\C/C=C\CCCC(=O)OC[C@H](COC(=O)CCCCCC/C=C\C/C=C\C/C=C\C/C=C\CC)OC(=O)CCCCCCC/C=C\CCCC. The molecule has 0 rings (SSSR count). The summed E-state index contributed by atoms with van der Waals surface area (Å²) in [5.41, 5.74) is 0. The zero-order valence-corrected chi connectivity index (χ0v) is 40.3. The molecule has 0 aliphatic rings. The van der Waals surface area contributed by atoms with E-state index >= 15 is 0 Å². The zero-order valence-electron chi connectivity index (χ0n) is 40.3. The first-order chi connectivity index (χ1) is 31.0. The van der Waals surface area contributed by atoms with Crippen molar-refractivity contribution in [2.45, 2.75) is 207 Å². The van der Waals surface area contributed by atoms with Crippen LogP contribution in [0.25, 0.3) is 0 Å². The smallest absolute Gasteiger partial charge is 0.306 e. The summed E-state index contributed by atoms with van der Waals surface area (Å²) in [5.74, 6) is -1.02. The molecule has 0 saturated heterocycles. The molecule has 0 aromatic carbocycles. The van der Waals surface area contributed by atoms with Crippen LogP contribution in [0.3, 0.4) is 0 Å². The van der Waals surface area contributed by atoms with Gasteiger partial charge in [-0.3, -0.25) is 14.4 Å². The predicted octanol–water partition coefficient (Wildman–Crippen LogP) is 16.5. The lowest BCUT2D eigenvalue weighted by Gasteiger charge is -2.18. The molecule has 0 saturated carbocycles. The fourth-order valence-corrected chi connectivity index (χ4v) is 6.21. The van der Waals surface area contributed by atoms with Gasteiger partial charge in [0.15, 0.2) is 6.10 Å². The lowest BCUT2D eigenvalue weighted by Crippen LogP contribution is -2.30. The van der Waals surface area contributed by atoms with Gasteiger partial charge in [0.2, 0.25) is 0 Å². The maximum atomic E-state index is 12.8. The van der Waals surface area contributed by atoms with Gasteiger partial charge < -0.3 is 14.2 Å². The van der Waals surface area contributed by atoms with Crippen molar-refractivity contribution in [3.05, 3.63) is 122 Å². The van der Waals surface area contributed by atoms with Crippen molar-refractivity contribution in [1.29, 1.82) is 0 Å². The molecule has 1 atom stereocenters. The summed E-state index contributed by atoms with van der Waals surface area (Å²) in [6, 6.07) is 0. The van der Waals surface area contributed by atoms with Gasteiger partial charge in [0.1, 0.15) is 13.2 Å². The molecule has 0 aromatic rings. The Morgan fingerprint density at radius 3 is 1.05 bits per heavy atom. The summed E-state index contributed by atoms with van der Waals surface area (Å²) in [4.78, 5) is 37.9. The van der Waals surface area contributed by atoms with E-state index in [1.807, 2.05) is 0 Å². The van der Waals surface area contributed by atoms with Crippen LogP contribution in [-0.2, 0) is 28.6 Å². The van der Waals surface area contributed by atoms with Gasteiger partial charge in [0.05, 0.1) is 0 Å². The minimum Gasteiger partial charge on any atom is -0.462 e. The highest BCUT2D eigenvalue weighted by Gasteiger charge is 2.19. The Morgan fingerprint density at radius 1 is 0.333 bits per heavy atom. The molecule has 6 heteroatoms. The summed E-state index contributed by atoms with van der Waals surface area (Å²) in [6.45, 7) is 6.27. The minimum absolute atomic E-state index is 0.116. The molecule has 0 fully saturated rings. The molecular weight excluding hydrogens is 781 g/mol. The average Bonchev–Trinajstić information content (AvgIpc) is 3.28. The highest BCUT2D eigenvalue weighted by atomic mass is 16.6. The molecule has 0 radical (unpaired) electrons. The Kier molecular flexibility index (Phi) is 47.1. The molecule has 6 nitrogen and oxygen atoms in total. The van der Waals surface area contributed by atoms with Crippen molar-refractivity contribution in [2.24, 2.45) is 0 Å². The van der Waals surface area contributed by atoms with Crippen LogP contribution in [0, 0.1) is 0 Å². The number of hydrogen-bond donors (Lipinski definition) is 0. The Bertz CT molecular complexity index is 1370. The number of allylic oxidation sites excluding steroid dienone is 20. The van der Waals surface area contributed by atoms with Crippen LogP contribution in [0.4, 0.5) is 0 Å². The van der Waals surface area contributed by atoms with Gasteiger partial charge in [-0.2, -0.15) is 0 Å². The minimum atomic E-state index is -0.818. The van der Waals surface area contributed by atoms with Crippen molar-refractivity contribution in [1.82, 2.24) is 0 Å². The van der Waals surface area contributed by atoms with E-state index in [0.717, 1.165) is 135 Å². The van der Waals surface area contributed by atoms with E-state index in [9.17, 15) is 14.4 Å². The van der Waals surface area contributed by atoms with E-state index in [0.29, 0.717) is 19.3 Å². The third kappa shape index (κ3) is 48.7. The molecule has 0 spiro atoms. The van der Waals surface area contributed by atoms with E-state index in [1.165, 1.54) is 19.3 Å². The van der Waals surface area contributed by atoms with Crippen LogP contribution in [0.15, 0.2) is 122 Å². The topological polar surface area (TPSA) is 78.9 Å². The van der Waals surface area contributed by atoms with Crippen molar-refractivity contribution >= 4 is 17.9 Å². The first-order valence-electron chi connectivity index (χ1n) is 25.0. The molecular formula is C57H90O6. The van der Waals surface area contributed by atoms with Crippen molar-refractivity contribution in [3.63, 3.8) is 0 Å². The molecule has 63 heavy (non-hydrogen) atoms. The van der Waals surface area contributed by atoms with Crippen molar-refractivity contribution in [2.75, 3.05) is 13.2 Å². The van der Waals surface area contributed by atoms with E-state index in [1.54, 1.807) is 0 Å². The summed E-state index contributed by atoms with van der Waals surface area (Å²) in [5, 5.41) is 0. The maximum Gasteiger partial charge on any atom is 0.306 e. The standard InChI is InChI=1S/C57H90O6/c1-4-7-10-13-16-19-22-24-26-28-30-32-35-37-40-43-46-49-55(58)61-52-54(63-57(60)51-48-45-42-39-34-21-18-15-12-9-6-3)53-62-56(59)50-47-44-41-38-36-33-31-29-27-25-23-20-17-14-11-8-5-2/h7-8,10-11,15-20,24-27,30-33,37,40,54H,4-6,9,12-14,21-23,28-29,34-36,38-39,41-53H2,1-3H3/b10-7-,11-8-,18-15-,19-16-,20-17-,26-24-,27-25-,32-30-,33-31-,40-37-/t54-/m1/s1. The Morgan fingerprint density at radius 2 is 0.635 bits per heavy atom. The second kappa shape index (κ2) is 50.5. The molecule has 0 aliphatic carbocycles. The van der Waals surface area contributed by atoms with E-state index in [-0.39, 0.29) is 37.5 Å². The normalized spacial score (nSPS) is 13.1. The molecule has 0 amide bonds. The quantitative estimate of drug-likeness (QED) is 0.0263. The van der Waals surface area contributed by atoms with Crippen LogP contribution in [0.5, 0.6) is 0 Å². The van der Waals surface area contributed by atoms with Gasteiger partial charge in [-0.1, -0.05) is 187 Å². The van der Waals surface area contributed by atoms with Gasteiger partial charge in [-0.05, 0) is 116 Å². The van der Waals surface area contributed by atoms with E-state index in [4.69, 9.17) is 14.2 Å². The summed E-state index contributed by atoms with van der Waals surface area (Å²) >= 11 is 0. The maximum absolute atomic E-state index is 12.8. The molecule has 354 valence electrons. The summed E-state index contributed by atoms with van der Waals surface area (Å²) in [7, 11) is 0. The number of hydrogen-bond acceptors (Lipinski definition) is 6. The predicted molar refractivity (Wildman–Crippen MR) is 269 cm³/mol. The van der Waals surface area contributed by atoms with Crippen LogP contribution < -0.4 is 0 Å². The highest BCUT2D eigenvalue weighted by molar-refractivity contribution is 5.71. The average molecular weight is 871 g/mol. The molecule has 0 aromatic heterocycles. The molecule has 0 unspecified atom stereocenters. The third-order valence-corrected chi connectivity index (χ3v) is 9.93. The molecule has 0 bridgehead atoms. The first kappa shape index (κ1) is 58.8. The monoisotopic (exact) mass is 871 g/mol. The lowest BCUT2D eigenvalue weighted by atomic mass is 10.1. The van der Waals surface area contributed by atoms with Gasteiger partial charge in [-0.25, -0.2) is 0 Å². The largest absolute Gasteiger partial charge is 0.462 e. The number of ether oxygens (including phenoxy) is 3. The van der Waals surface area contributed by atoms with E-state index in [2.05, 4.69) is 142 Å². The number of carbonyl (C=O) groups is 3. The summed E-state index contributed by atoms with van der Waals surface area (Å²) in [6.07, 6.45) is 69.0. The van der Waals surface area contributed by atoms with Crippen LogP contribution in [0.1, 0.15) is 201 Å². The van der Waals surface area contributed by atoms with Crippen LogP contribution in [0.2, 0.25) is 0 Å². The Labute approximate surface area is 386 Å².